The Labute approximate surface area is 205 Å². The van der Waals surface area contributed by atoms with Crippen LogP contribution in [-0.4, -0.2) is 30.7 Å². The summed E-state index contributed by atoms with van der Waals surface area (Å²) in [6.45, 7) is 1.74. The number of nitrogens with two attached hydrogens (primary N) is 1. The van der Waals surface area contributed by atoms with E-state index in [1.807, 2.05) is 6.07 Å². The third-order valence-corrected chi connectivity index (χ3v) is 6.31. The number of aromatic nitrogens is 4. The molecule has 0 spiro atoms. The van der Waals surface area contributed by atoms with E-state index in [0.29, 0.717) is 34.3 Å². The van der Waals surface area contributed by atoms with Gasteiger partial charge >= 0.3 is 6.18 Å². The number of rotatable bonds is 6. The summed E-state index contributed by atoms with van der Waals surface area (Å²) < 4.78 is 38.9. The van der Waals surface area contributed by atoms with Gasteiger partial charge in [-0.15, -0.1) is 0 Å². The summed E-state index contributed by atoms with van der Waals surface area (Å²) in [7, 11) is 0. The van der Waals surface area contributed by atoms with Gasteiger partial charge in [0, 0.05) is 29.5 Å². The number of hydrogen-bond acceptors (Lipinski definition) is 6. The summed E-state index contributed by atoms with van der Waals surface area (Å²) >= 11 is 0. The average molecular weight is 493 g/mol. The summed E-state index contributed by atoms with van der Waals surface area (Å²) in [5.74, 6) is 0.986. The second-order valence-electron chi connectivity index (χ2n) is 8.90. The largest absolute Gasteiger partial charge is 0.417 e. The van der Waals surface area contributed by atoms with Crippen molar-refractivity contribution in [3.8, 4) is 0 Å². The van der Waals surface area contributed by atoms with Gasteiger partial charge in [-0.1, -0.05) is 0 Å². The number of halogens is 3. The SMILES string of the molecule is C[C@H](c1ncccn1)N(Cc1ccc(C(F)(F)F)cn1)C(=O)c1ccc2nc(N)c(C3CC3)cc2c1. The molecule has 1 saturated carbocycles. The van der Waals surface area contributed by atoms with Gasteiger partial charge in [0.05, 0.1) is 29.4 Å². The molecule has 1 fully saturated rings. The predicted molar refractivity (Wildman–Crippen MR) is 128 cm³/mol. The molecule has 1 aliphatic carbocycles. The van der Waals surface area contributed by atoms with Crippen molar-refractivity contribution in [3.63, 3.8) is 0 Å². The minimum absolute atomic E-state index is 0.0261. The van der Waals surface area contributed by atoms with Gasteiger partial charge < -0.3 is 10.6 Å². The summed E-state index contributed by atoms with van der Waals surface area (Å²) in [4.78, 5) is 32.2. The molecule has 0 saturated heterocycles. The van der Waals surface area contributed by atoms with Crippen molar-refractivity contribution in [2.45, 2.75) is 44.4 Å². The standard InChI is InChI=1S/C26H23F3N6O/c1-15(24-31-9-2-10-32-24)35(14-20-7-6-19(13-33-20)26(27,28)29)25(36)17-5-8-22-18(11-17)12-21(16-3-4-16)23(30)34-22/h2,5-13,15-16H,3-4,14H2,1H3,(H2,30,34)/t15-/m1/s1. The first kappa shape index (κ1) is 23.7. The number of carbonyl (C=O) groups is 1. The Morgan fingerprint density at radius 2 is 1.86 bits per heavy atom. The number of carbonyl (C=O) groups excluding carboxylic acids is 1. The van der Waals surface area contributed by atoms with Gasteiger partial charge in [-0.25, -0.2) is 15.0 Å². The molecule has 5 rings (SSSR count). The van der Waals surface area contributed by atoms with Gasteiger partial charge in [0.1, 0.15) is 11.6 Å². The first-order chi connectivity index (χ1) is 17.2. The van der Waals surface area contributed by atoms with E-state index in [9.17, 15) is 18.0 Å². The van der Waals surface area contributed by atoms with Gasteiger partial charge in [-0.3, -0.25) is 9.78 Å². The van der Waals surface area contributed by atoms with E-state index in [4.69, 9.17) is 5.73 Å². The lowest BCUT2D eigenvalue weighted by atomic mass is 10.0. The molecule has 1 aliphatic rings. The Bertz CT molecular complexity index is 1410. The van der Waals surface area contributed by atoms with Gasteiger partial charge in [0.2, 0.25) is 0 Å². The molecule has 184 valence electrons. The zero-order valence-corrected chi connectivity index (χ0v) is 19.4. The highest BCUT2D eigenvalue weighted by molar-refractivity contribution is 5.98. The van der Waals surface area contributed by atoms with E-state index in [2.05, 4.69) is 19.9 Å². The fourth-order valence-corrected chi connectivity index (χ4v) is 4.14. The molecule has 0 bridgehead atoms. The number of amides is 1. The third kappa shape index (κ3) is 4.84. The topological polar surface area (TPSA) is 97.9 Å². The normalized spacial score (nSPS) is 14.6. The van der Waals surface area contributed by atoms with E-state index in [1.54, 1.807) is 43.6 Å². The lowest BCUT2D eigenvalue weighted by Crippen LogP contribution is -2.34. The monoisotopic (exact) mass is 492 g/mol. The summed E-state index contributed by atoms with van der Waals surface area (Å²) in [5.41, 5.74) is 7.67. The van der Waals surface area contributed by atoms with E-state index < -0.39 is 17.8 Å². The molecule has 1 aromatic carbocycles. The van der Waals surface area contributed by atoms with Crippen LogP contribution in [0.5, 0.6) is 0 Å². The van der Waals surface area contributed by atoms with Gasteiger partial charge in [-0.2, -0.15) is 13.2 Å². The van der Waals surface area contributed by atoms with Crippen molar-refractivity contribution in [2.75, 3.05) is 5.73 Å². The number of nitrogens with zero attached hydrogens (tertiary/aromatic N) is 5. The maximum absolute atomic E-state index is 13.7. The Morgan fingerprint density at radius 1 is 1.11 bits per heavy atom. The number of nitrogen functional groups attached to an aromatic ring is 1. The minimum Gasteiger partial charge on any atom is -0.383 e. The number of benzene rings is 1. The molecule has 3 heterocycles. The van der Waals surface area contributed by atoms with Gasteiger partial charge in [-0.05, 0) is 73.7 Å². The smallest absolute Gasteiger partial charge is 0.383 e. The molecule has 1 atom stereocenters. The highest BCUT2D eigenvalue weighted by Gasteiger charge is 2.31. The molecular formula is C26H23F3N6O. The summed E-state index contributed by atoms with van der Waals surface area (Å²) in [6.07, 6.45) is 1.56. The lowest BCUT2D eigenvalue weighted by Gasteiger charge is -2.28. The van der Waals surface area contributed by atoms with Crippen molar-refractivity contribution >= 4 is 22.6 Å². The predicted octanol–water partition coefficient (Wildman–Crippen LogP) is 5.30. The van der Waals surface area contributed by atoms with Crippen molar-refractivity contribution < 1.29 is 18.0 Å². The first-order valence-electron chi connectivity index (χ1n) is 11.5. The van der Waals surface area contributed by atoms with E-state index in [0.717, 1.165) is 36.1 Å². The molecule has 4 aromatic rings. The van der Waals surface area contributed by atoms with Crippen molar-refractivity contribution in [2.24, 2.45) is 0 Å². The third-order valence-electron chi connectivity index (χ3n) is 6.31. The average Bonchev–Trinajstić information content (AvgIpc) is 3.71. The van der Waals surface area contributed by atoms with Crippen LogP contribution in [0.4, 0.5) is 19.0 Å². The van der Waals surface area contributed by atoms with Crippen molar-refractivity contribution in [1.82, 2.24) is 24.8 Å². The molecule has 10 heteroatoms. The Kier molecular flexibility index (Phi) is 6.03. The van der Waals surface area contributed by atoms with E-state index in [-0.39, 0.29) is 12.5 Å². The fourth-order valence-electron chi connectivity index (χ4n) is 4.14. The number of anilines is 1. The maximum Gasteiger partial charge on any atom is 0.417 e. The van der Waals surface area contributed by atoms with Crippen LogP contribution in [0.15, 0.2) is 61.1 Å². The van der Waals surface area contributed by atoms with Crippen LogP contribution in [0, 0.1) is 0 Å². The molecule has 2 N–H and O–H groups in total. The molecule has 36 heavy (non-hydrogen) atoms. The molecule has 7 nitrogen and oxygen atoms in total. The maximum atomic E-state index is 13.7. The van der Waals surface area contributed by atoms with Gasteiger partial charge in [0.25, 0.3) is 5.91 Å². The second-order valence-corrected chi connectivity index (χ2v) is 8.90. The molecule has 1 amide bonds. The number of alkyl halides is 3. The van der Waals surface area contributed by atoms with Crippen LogP contribution < -0.4 is 5.73 Å². The van der Waals surface area contributed by atoms with Crippen molar-refractivity contribution in [3.05, 3.63) is 89.3 Å². The molecule has 3 aromatic heterocycles. The van der Waals surface area contributed by atoms with Crippen LogP contribution in [0.3, 0.4) is 0 Å². The van der Waals surface area contributed by atoms with Crippen LogP contribution in [0.1, 0.15) is 64.7 Å². The highest BCUT2D eigenvalue weighted by Crippen LogP contribution is 2.43. The molecular weight excluding hydrogens is 469 g/mol. The van der Waals surface area contributed by atoms with Crippen LogP contribution in [0.2, 0.25) is 0 Å². The zero-order chi connectivity index (χ0) is 25.4. The number of hydrogen-bond donors (Lipinski definition) is 1. The second kappa shape index (κ2) is 9.18. The Balaban J connectivity index is 1.50. The van der Waals surface area contributed by atoms with E-state index >= 15 is 0 Å². The minimum atomic E-state index is -4.49. The van der Waals surface area contributed by atoms with Crippen molar-refractivity contribution in [1.29, 1.82) is 0 Å². The first-order valence-corrected chi connectivity index (χ1v) is 11.5. The van der Waals surface area contributed by atoms with Crippen LogP contribution >= 0.6 is 0 Å². The van der Waals surface area contributed by atoms with Crippen LogP contribution in [-0.2, 0) is 12.7 Å². The number of pyridine rings is 2. The molecule has 0 radical (unpaired) electrons. The summed E-state index contributed by atoms with van der Waals surface area (Å²) in [5, 5.41) is 0.799. The van der Waals surface area contributed by atoms with Gasteiger partial charge in [0.15, 0.2) is 0 Å². The lowest BCUT2D eigenvalue weighted by molar-refractivity contribution is -0.137. The Hall–Kier alpha value is -4.08. The van der Waals surface area contributed by atoms with E-state index in [1.165, 1.54) is 11.0 Å². The Morgan fingerprint density at radius 3 is 2.50 bits per heavy atom. The summed E-state index contributed by atoms with van der Waals surface area (Å²) in [6, 6.07) is 10.5. The molecule has 0 unspecified atom stereocenters. The van der Waals surface area contributed by atoms with Crippen LogP contribution in [0.25, 0.3) is 10.9 Å². The number of fused-ring (bicyclic) bond motifs is 1. The quantitative estimate of drug-likeness (QED) is 0.392. The molecule has 0 aliphatic heterocycles. The zero-order valence-electron chi connectivity index (χ0n) is 19.4. The highest BCUT2D eigenvalue weighted by atomic mass is 19.4. The fraction of sp³-hybridized carbons (Fsp3) is 0.269.